The Bertz CT molecular complexity index is 968. The third-order valence-electron chi connectivity index (χ3n) is 5.55. The summed E-state index contributed by atoms with van der Waals surface area (Å²) in [5.74, 6) is -0.323. The van der Waals surface area contributed by atoms with Crippen LogP contribution in [0.2, 0.25) is 0 Å². The maximum atomic E-state index is 12.9. The fourth-order valence-corrected chi connectivity index (χ4v) is 3.84. The van der Waals surface area contributed by atoms with E-state index in [2.05, 4.69) is 0 Å². The second-order valence-electron chi connectivity index (χ2n) is 8.72. The molecule has 0 saturated carbocycles. The van der Waals surface area contributed by atoms with E-state index in [1.165, 1.54) is 18.2 Å². The minimum atomic E-state index is -0.445. The van der Waals surface area contributed by atoms with Gasteiger partial charge in [-0.25, -0.2) is 0 Å². The van der Waals surface area contributed by atoms with Crippen molar-refractivity contribution in [2.24, 2.45) is 5.92 Å². The van der Waals surface area contributed by atoms with Crippen molar-refractivity contribution in [2.75, 3.05) is 13.1 Å². The quantitative estimate of drug-likeness (QED) is 0.459. The molecule has 0 spiro atoms. The molecule has 1 aliphatic rings. The molecule has 30 heavy (non-hydrogen) atoms. The lowest BCUT2D eigenvalue weighted by Gasteiger charge is -2.31. The van der Waals surface area contributed by atoms with Crippen LogP contribution in [0.3, 0.4) is 0 Å². The molecule has 2 aromatic carbocycles. The zero-order chi connectivity index (χ0) is 22.1. The molecule has 1 fully saturated rings. The first-order valence-electron chi connectivity index (χ1n) is 9.99. The number of phenols is 1. The molecule has 0 aromatic heterocycles. The zero-order valence-corrected chi connectivity index (χ0v) is 17.4. The third kappa shape index (κ3) is 4.50. The summed E-state index contributed by atoms with van der Waals surface area (Å²) in [5.41, 5.74) is 0.966. The summed E-state index contributed by atoms with van der Waals surface area (Å²) < 4.78 is 0. The van der Waals surface area contributed by atoms with Crippen molar-refractivity contribution in [2.45, 2.75) is 39.0 Å². The Balaban J connectivity index is 1.71. The second-order valence-corrected chi connectivity index (χ2v) is 8.72. The Morgan fingerprint density at radius 1 is 1.03 bits per heavy atom. The Morgan fingerprint density at radius 2 is 1.60 bits per heavy atom. The van der Waals surface area contributed by atoms with E-state index in [1.807, 2.05) is 20.8 Å². The van der Waals surface area contributed by atoms with E-state index in [4.69, 9.17) is 0 Å². The van der Waals surface area contributed by atoms with E-state index in [0.717, 1.165) is 0 Å². The number of phenolic OH excluding ortho intramolecular Hbond substituents is 1. The first-order chi connectivity index (χ1) is 14.1. The van der Waals surface area contributed by atoms with Crippen LogP contribution in [0.25, 0.3) is 0 Å². The highest BCUT2D eigenvalue weighted by Crippen LogP contribution is 2.32. The van der Waals surface area contributed by atoms with Crippen LogP contribution in [0, 0.1) is 16.0 Å². The van der Waals surface area contributed by atoms with Crippen molar-refractivity contribution in [3.8, 4) is 5.75 Å². The fraction of sp³-hybridized carbons (Fsp3) is 0.391. The lowest BCUT2D eigenvalue weighted by Crippen LogP contribution is -2.40. The van der Waals surface area contributed by atoms with Crippen LogP contribution in [0.4, 0.5) is 5.69 Å². The zero-order valence-electron chi connectivity index (χ0n) is 17.4. The molecular formula is C23H26N2O5. The number of nitro groups is 1. The predicted octanol–water partition coefficient (Wildman–Crippen LogP) is 4.33. The van der Waals surface area contributed by atoms with Crippen LogP contribution in [0.15, 0.2) is 42.5 Å². The van der Waals surface area contributed by atoms with E-state index >= 15 is 0 Å². The van der Waals surface area contributed by atoms with Crippen LogP contribution in [0.1, 0.15) is 59.9 Å². The molecule has 7 nitrogen and oxygen atoms in total. The van der Waals surface area contributed by atoms with Gasteiger partial charge < -0.3 is 10.0 Å². The lowest BCUT2D eigenvalue weighted by atomic mass is 9.85. The number of ketones is 1. The number of amides is 1. The predicted molar refractivity (Wildman–Crippen MR) is 113 cm³/mol. The van der Waals surface area contributed by atoms with Gasteiger partial charge in [-0.15, -0.1) is 0 Å². The van der Waals surface area contributed by atoms with Gasteiger partial charge in [0.25, 0.3) is 11.6 Å². The van der Waals surface area contributed by atoms with Crippen molar-refractivity contribution < 1.29 is 19.6 Å². The third-order valence-corrected chi connectivity index (χ3v) is 5.55. The highest BCUT2D eigenvalue weighted by atomic mass is 16.6. The number of benzene rings is 2. The smallest absolute Gasteiger partial charge is 0.273 e. The Hall–Kier alpha value is -3.22. The summed E-state index contributed by atoms with van der Waals surface area (Å²) in [6.45, 7) is 6.52. The van der Waals surface area contributed by atoms with Crippen molar-refractivity contribution in [1.29, 1.82) is 0 Å². The maximum absolute atomic E-state index is 12.9. The number of aromatic hydroxyl groups is 1. The Kier molecular flexibility index (Phi) is 5.92. The van der Waals surface area contributed by atoms with Crippen LogP contribution in [0.5, 0.6) is 5.75 Å². The average Bonchev–Trinajstić information content (AvgIpc) is 2.72. The molecule has 1 amide bonds. The van der Waals surface area contributed by atoms with Gasteiger partial charge >= 0.3 is 0 Å². The molecular weight excluding hydrogens is 384 g/mol. The van der Waals surface area contributed by atoms with Gasteiger partial charge in [-0.2, -0.15) is 0 Å². The minimum Gasteiger partial charge on any atom is -0.508 e. The number of piperidine rings is 1. The van der Waals surface area contributed by atoms with Crippen molar-refractivity contribution >= 4 is 17.4 Å². The van der Waals surface area contributed by atoms with Gasteiger partial charge in [-0.1, -0.05) is 26.8 Å². The van der Waals surface area contributed by atoms with E-state index in [1.54, 1.807) is 29.2 Å². The molecule has 7 heteroatoms. The normalized spacial score (nSPS) is 15.1. The van der Waals surface area contributed by atoms with E-state index < -0.39 is 10.3 Å². The summed E-state index contributed by atoms with van der Waals surface area (Å²) in [7, 11) is 0. The number of hydrogen-bond donors (Lipinski definition) is 1. The Morgan fingerprint density at radius 3 is 2.13 bits per heavy atom. The van der Waals surface area contributed by atoms with Crippen LogP contribution < -0.4 is 0 Å². The molecule has 2 aromatic rings. The number of likely N-dealkylation sites (tertiary alicyclic amines) is 1. The van der Waals surface area contributed by atoms with Crippen LogP contribution in [-0.2, 0) is 5.41 Å². The standard InChI is InChI=1S/C23H26N2O5/c1-23(2,3)19-9-6-17(14-20(19)25(29)30)22(28)24-12-10-16(11-13-24)21(27)15-4-7-18(26)8-5-15/h4-9,14,16,26H,10-13H2,1-3H3. The topological polar surface area (TPSA) is 101 Å². The number of carbonyl (C=O) groups excluding carboxylic acids is 2. The largest absolute Gasteiger partial charge is 0.508 e. The fourth-order valence-electron chi connectivity index (χ4n) is 3.84. The number of hydrogen-bond acceptors (Lipinski definition) is 5. The van der Waals surface area contributed by atoms with Gasteiger partial charge in [0.05, 0.1) is 4.92 Å². The van der Waals surface area contributed by atoms with Gasteiger partial charge in [0.15, 0.2) is 5.78 Å². The molecule has 3 rings (SSSR count). The molecule has 1 saturated heterocycles. The molecule has 1 heterocycles. The highest BCUT2D eigenvalue weighted by Gasteiger charge is 2.30. The average molecular weight is 410 g/mol. The summed E-state index contributed by atoms with van der Waals surface area (Å²) in [5, 5.41) is 20.9. The summed E-state index contributed by atoms with van der Waals surface area (Å²) in [6.07, 6.45) is 1.07. The lowest BCUT2D eigenvalue weighted by molar-refractivity contribution is -0.386. The maximum Gasteiger partial charge on any atom is 0.273 e. The van der Waals surface area contributed by atoms with Gasteiger partial charge in [0.2, 0.25) is 0 Å². The molecule has 0 atom stereocenters. The number of nitro benzene ring substituents is 1. The molecule has 0 unspecified atom stereocenters. The molecule has 0 aliphatic carbocycles. The monoisotopic (exact) mass is 410 g/mol. The number of carbonyl (C=O) groups is 2. The first-order valence-corrected chi connectivity index (χ1v) is 9.99. The molecule has 158 valence electrons. The van der Waals surface area contributed by atoms with E-state index in [-0.39, 0.29) is 34.6 Å². The van der Waals surface area contributed by atoms with E-state index in [0.29, 0.717) is 37.1 Å². The highest BCUT2D eigenvalue weighted by molar-refractivity contribution is 5.98. The number of rotatable bonds is 4. The van der Waals surface area contributed by atoms with E-state index in [9.17, 15) is 24.8 Å². The number of nitrogens with zero attached hydrogens (tertiary/aromatic N) is 2. The van der Waals surface area contributed by atoms with Crippen LogP contribution >= 0.6 is 0 Å². The van der Waals surface area contributed by atoms with Crippen molar-refractivity contribution in [3.63, 3.8) is 0 Å². The van der Waals surface area contributed by atoms with Crippen molar-refractivity contribution in [3.05, 3.63) is 69.3 Å². The summed E-state index contributed by atoms with van der Waals surface area (Å²) in [4.78, 5) is 38.3. The second kappa shape index (κ2) is 8.26. The van der Waals surface area contributed by atoms with Crippen molar-refractivity contribution in [1.82, 2.24) is 4.90 Å². The summed E-state index contributed by atoms with van der Waals surface area (Å²) >= 11 is 0. The number of Topliss-reactive ketones (excluding diaryl/α,β-unsaturated/α-hetero) is 1. The molecule has 1 aliphatic heterocycles. The minimum absolute atomic E-state index is 0.00673. The van der Waals surface area contributed by atoms with Crippen LogP contribution in [-0.4, -0.2) is 39.7 Å². The molecule has 0 radical (unpaired) electrons. The van der Waals surface area contributed by atoms with Gasteiger partial charge in [0.1, 0.15) is 5.75 Å². The summed E-state index contributed by atoms with van der Waals surface area (Å²) in [6, 6.07) is 10.8. The van der Waals surface area contributed by atoms with Gasteiger partial charge in [0, 0.05) is 41.8 Å². The SMILES string of the molecule is CC(C)(C)c1ccc(C(=O)N2CCC(C(=O)c3ccc(O)cc3)CC2)cc1[N+](=O)[O-]. The molecule has 1 N–H and O–H groups in total. The first kappa shape index (κ1) is 21.5. The van der Waals surface area contributed by atoms with Gasteiger partial charge in [-0.05, 0) is 48.6 Å². The van der Waals surface area contributed by atoms with Gasteiger partial charge in [-0.3, -0.25) is 19.7 Å². The molecule has 0 bridgehead atoms. The Labute approximate surface area is 175 Å².